The first-order chi connectivity index (χ1) is 15.3. The maximum atomic E-state index is 13.1. The van der Waals surface area contributed by atoms with E-state index >= 15 is 0 Å². The molecule has 0 saturated carbocycles. The Bertz CT molecular complexity index is 982. The fraction of sp³-hybridized carbons (Fsp3) is 0.333. The number of rotatable bonds is 8. The van der Waals surface area contributed by atoms with E-state index in [2.05, 4.69) is 11.9 Å². The van der Waals surface area contributed by atoms with Gasteiger partial charge in [0, 0.05) is 39.6 Å². The van der Waals surface area contributed by atoms with E-state index in [0.717, 1.165) is 5.56 Å². The van der Waals surface area contributed by atoms with Gasteiger partial charge in [0.1, 0.15) is 0 Å². The number of carbonyl (C=O) groups excluding carboxylic acids is 1. The number of carboxylic acid groups (broad SMARTS) is 1. The topological polar surface area (TPSA) is 84.9 Å². The van der Waals surface area contributed by atoms with Crippen molar-refractivity contribution in [2.45, 2.75) is 30.4 Å². The molecular weight excluding hydrogens is 453 g/mol. The van der Waals surface area contributed by atoms with Crippen LogP contribution in [0.25, 0.3) is 0 Å². The minimum Gasteiger partial charge on any atom is -0.479 e. The number of halogens is 2. The summed E-state index contributed by atoms with van der Waals surface area (Å²) in [6.07, 6.45) is 2.80. The molecule has 0 spiro atoms. The lowest BCUT2D eigenvalue weighted by Gasteiger charge is -2.37. The highest BCUT2D eigenvalue weighted by atomic mass is 35.5. The third-order valence-corrected chi connectivity index (χ3v) is 6.56. The second kappa shape index (κ2) is 10.0. The summed E-state index contributed by atoms with van der Waals surface area (Å²) in [5.41, 5.74) is -0.915. The van der Waals surface area contributed by atoms with Gasteiger partial charge in [-0.05, 0) is 23.3 Å². The normalized spacial score (nSPS) is 17.2. The highest BCUT2D eigenvalue weighted by Crippen LogP contribution is 2.37. The zero-order valence-electron chi connectivity index (χ0n) is 17.7. The largest absolute Gasteiger partial charge is 0.479 e. The molecule has 1 amide bonds. The second-order valence-corrected chi connectivity index (χ2v) is 8.46. The van der Waals surface area contributed by atoms with E-state index in [0.29, 0.717) is 31.6 Å². The SMILES string of the molecule is C=CC[C@@](NC(=O)c1c(Cl)cccc1Cl)(C(=O)O)c1ccc(C2(OC)CCOCC2)cc1. The Labute approximate surface area is 197 Å². The van der Waals surface area contributed by atoms with Crippen LogP contribution in [-0.4, -0.2) is 37.3 Å². The molecule has 0 bridgehead atoms. The molecule has 1 saturated heterocycles. The number of hydrogen-bond acceptors (Lipinski definition) is 4. The molecule has 8 heteroatoms. The van der Waals surface area contributed by atoms with E-state index in [1.807, 2.05) is 12.1 Å². The number of carbonyl (C=O) groups is 2. The Kier molecular flexibility index (Phi) is 7.62. The summed E-state index contributed by atoms with van der Waals surface area (Å²) in [6.45, 7) is 4.85. The zero-order chi connectivity index (χ0) is 23.4. The lowest BCUT2D eigenvalue weighted by atomic mass is 9.82. The first kappa shape index (κ1) is 24.3. The van der Waals surface area contributed by atoms with Crippen molar-refractivity contribution in [1.29, 1.82) is 0 Å². The molecule has 6 nitrogen and oxygen atoms in total. The van der Waals surface area contributed by atoms with Crippen molar-refractivity contribution >= 4 is 35.1 Å². The average Bonchev–Trinajstić information content (AvgIpc) is 2.79. The van der Waals surface area contributed by atoms with Gasteiger partial charge >= 0.3 is 5.97 Å². The quantitative estimate of drug-likeness (QED) is 0.526. The van der Waals surface area contributed by atoms with Crippen LogP contribution in [0.15, 0.2) is 55.1 Å². The van der Waals surface area contributed by atoms with Crippen LogP contribution in [0.4, 0.5) is 0 Å². The summed E-state index contributed by atoms with van der Waals surface area (Å²) in [5, 5.41) is 13.1. The molecular formula is C24H25Cl2NO5. The van der Waals surface area contributed by atoms with E-state index < -0.39 is 23.0 Å². The van der Waals surface area contributed by atoms with Crippen molar-refractivity contribution in [3.8, 4) is 0 Å². The summed E-state index contributed by atoms with van der Waals surface area (Å²) in [5.74, 6) is -1.92. The molecule has 2 aromatic rings. The lowest BCUT2D eigenvalue weighted by Crippen LogP contribution is -2.51. The Morgan fingerprint density at radius 3 is 2.28 bits per heavy atom. The van der Waals surface area contributed by atoms with Crippen molar-refractivity contribution in [2.24, 2.45) is 0 Å². The first-order valence-corrected chi connectivity index (χ1v) is 10.9. The van der Waals surface area contributed by atoms with Crippen LogP contribution in [0.2, 0.25) is 10.0 Å². The van der Waals surface area contributed by atoms with E-state index in [4.69, 9.17) is 32.7 Å². The van der Waals surface area contributed by atoms with Crippen LogP contribution in [0, 0.1) is 0 Å². The fourth-order valence-electron chi connectivity index (χ4n) is 4.06. The Hall–Kier alpha value is -2.38. The first-order valence-electron chi connectivity index (χ1n) is 10.1. The highest BCUT2D eigenvalue weighted by Gasteiger charge is 2.42. The number of methoxy groups -OCH3 is 1. The third kappa shape index (κ3) is 4.55. The van der Waals surface area contributed by atoms with Gasteiger partial charge in [0.05, 0.1) is 21.2 Å². The number of carboxylic acids is 1. The van der Waals surface area contributed by atoms with Gasteiger partial charge in [-0.3, -0.25) is 4.79 Å². The molecule has 0 radical (unpaired) electrons. The molecule has 1 heterocycles. The van der Waals surface area contributed by atoms with Gasteiger partial charge < -0.3 is 19.9 Å². The number of aliphatic carboxylic acids is 1. The van der Waals surface area contributed by atoms with Crippen LogP contribution in [0.1, 0.15) is 40.7 Å². The van der Waals surface area contributed by atoms with Gasteiger partial charge in [-0.2, -0.15) is 0 Å². The average molecular weight is 478 g/mol. The van der Waals surface area contributed by atoms with Crippen LogP contribution in [0.5, 0.6) is 0 Å². The molecule has 170 valence electrons. The number of hydrogen-bond donors (Lipinski definition) is 2. The number of nitrogens with one attached hydrogen (secondary N) is 1. The summed E-state index contributed by atoms with van der Waals surface area (Å²) in [4.78, 5) is 25.5. The van der Waals surface area contributed by atoms with Crippen LogP contribution in [-0.2, 0) is 25.4 Å². The Morgan fingerprint density at radius 2 is 1.78 bits per heavy atom. The van der Waals surface area contributed by atoms with Crippen molar-refractivity contribution in [3.63, 3.8) is 0 Å². The van der Waals surface area contributed by atoms with E-state index in [1.54, 1.807) is 25.3 Å². The number of benzene rings is 2. The molecule has 2 N–H and O–H groups in total. The molecule has 0 unspecified atom stereocenters. The van der Waals surface area contributed by atoms with E-state index in [9.17, 15) is 14.7 Å². The van der Waals surface area contributed by atoms with Gasteiger partial charge in [-0.1, -0.05) is 59.6 Å². The monoisotopic (exact) mass is 477 g/mol. The minimum atomic E-state index is -1.75. The van der Waals surface area contributed by atoms with Gasteiger partial charge in [0.25, 0.3) is 5.91 Å². The molecule has 1 aliphatic heterocycles. The number of ether oxygens (including phenoxy) is 2. The molecule has 0 aliphatic carbocycles. The van der Waals surface area contributed by atoms with Crippen LogP contribution in [0.3, 0.4) is 0 Å². The fourth-order valence-corrected chi connectivity index (χ4v) is 4.63. The molecule has 3 rings (SSSR count). The highest BCUT2D eigenvalue weighted by molar-refractivity contribution is 6.39. The summed E-state index contributed by atoms with van der Waals surface area (Å²) < 4.78 is 11.3. The van der Waals surface area contributed by atoms with Gasteiger partial charge in [0.15, 0.2) is 5.54 Å². The third-order valence-electron chi connectivity index (χ3n) is 5.93. The maximum Gasteiger partial charge on any atom is 0.334 e. The molecule has 0 aromatic heterocycles. The Balaban J connectivity index is 2.01. The minimum absolute atomic E-state index is 0.0164. The standard InChI is InChI=1S/C24H25Cl2NO5/c1-3-11-24(22(29)30,27-21(28)20-18(25)5-4-6-19(20)26)17-9-7-16(8-10-17)23(31-2)12-14-32-15-13-23/h3-10H,1,11-15H2,2H3,(H,27,28)(H,29,30)/t24-/m0/s1. The maximum absolute atomic E-state index is 13.1. The lowest BCUT2D eigenvalue weighted by molar-refractivity contribution is -0.144. The summed E-state index contributed by atoms with van der Waals surface area (Å²) >= 11 is 12.3. The zero-order valence-corrected chi connectivity index (χ0v) is 19.2. The van der Waals surface area contributed by atoms with E-state index in [1.165, 1.54) is 18.2 Å². The predicted molar refractivity (Wildman–Crippen MR) is 123 cm³/mol. The molecule has 32 heavy (non-hydrogen) atoms. The molecule has 1 atom stereocenters. The van der Waals surface area contributed by atoms with Crippen LogP contribution >= 0.6 is 23.2 Å². The van der Waals surface area contributed by atoms with Crippen molar-refractivity contribution in [1.82, 2.24) is 5.32 Å². The summed E-state index contributed by atoms with van der Waals surface area (Å²) in [6, 6.07) is 11.7. The molecule has 1 fully saturated rings. The smallest absolute Gasteiger partial charge is 0.334 e. The van der Waals surface area contributed by atoms with E-state index in [-0.39, 0.29) is 22.0 Å². The van der Waals surface area contributed by atoms with Crippen molar-refractivity contribution in [3.05, 3.63) is 81.9 Å². The van der Waals surface area contributed by atoms with Crippen LogP contribution < -0.4 is 5.32 Å². The Morgan fingerprint density at radius 1 is 1.19 bits per heavy atom. The van der Waals surface area contributed by atoms with Crippen molar-refractivity contribution < 1.29 is 24.2 Å². The van der Waals surface area contributed by atoms with Gasteiger partial charge in [0.2, 0.25) is 0 Å². The number of amides is 1. The van der Waals surface area contributed by atoms with Gasteiger partial charge in [-0.15, -0.1) is 6.58 Å². The second-order valence-electron chi connectivity index (χ2n) is 7.64. The van der Waals surface area contributed by atoms with Gasteiger partial charge in [-0.25, -0.2) is 4.79 Å². The van der Waals surface area contributed by atoms with Crippen molar-refractivity contribution in [2.75, 3.05) is 20.3 Å². The predicted octanol–water partition coefficient (Wildman–Crippen LogP) is 4.93. The molecule has 1 aliphatic rings. The summed E-state index contributed by atoms with van der Waals surface area (Å²) in [7, 11) is 1.66. The molecule has 2 aromatic carbocycles.